The summed E-state index contributed by atoms with van der Waals surface area (Å²) < 4.78 is 26.4. The maximum absolute atomic E-state index is 5.81. The number of halogens is 1. The Morgan fingerprint density at radius 3 is 2.14 bits per heavy atom. The summed E-state index contributed by atoms with van der Waals surface area (Å²) in [6.45, 7) is 3.20. The average Bonchev–Trinajstić information content (AvgIpc) is 2.53. The summed E-state index contributed by atoms with van der Waals surface area (Å²) in [5, 5.41) is 0. The third-order valence-corrected chi connectivity index (χ3v) is 2.98. The average molecular weight is 319 g/mol. The van der Waals surface area contributed by atoms with Crippen LogP contribution < -0.4 is 9.47 Å². The maximum atomic E-state index is 5.81. The predicted octanol–water partition coefficient (Wildman–Crippen LogP) is 2.49. The molecule has 1 rings (SSSR count). The fourth-order valence-corrected chi connectivity index (χ4v) is 1.76. The predicted molar refractivity (Wildman–Crippen MR) is 81.6 cm³/mol. The van der Waals surface area contributed by atoms with E-state index in [0.717, 1.165) is 5.56 Å². The zero-order chi connectivity index (χ0) is 15.3. The molecule has 0 saturated heterocycles. The molecule has 0 atom stereocenters. The van der Waals surface area contributed by atoms with E-state index in [4.69, 9.17) is 35.3 Å². The first-order valence-corrected chi connectivity index (χ1v) is 7.35. The van der Waals surface area contributed by atoms with Gasteiger partial charge in [-0.1, -0.05) is 6.07 Å². The summed E-state index contributed by atoms with van der Waals surface area (Å²) in [5.74, 6) is 1.80. The van der Waals surface area contributed by atoms with Crippen LogP contribution in [0.4, 0.5) is 0 Å². The summed E-state index contributed by atoms with van der Waals surface area (Å²) in [7, 11) is 3.25. The van der Waals surface area contributed by atoms with Crippen molar-refractivity contribution < 1.29 is 23.7 Å². The number of methoxy groups -OCH3 is 2. The van der Waals surface area contributed by atoms with E-state index in [1.54, 1.807) is 14.2 Å². The molecule has 21 heavy (non-hydrogen) atoms. The van der Waals surface area contributed by atoms with Crippen LogP contribution in [0.15, 0.2) is 18.2 Å². The van der Waals surface area contributed by atoms with Crippen LogP contribution in [0.1, 0.15) is 5.56 Å². The molecule has 0 fully saturated rings. The second kappa shape index (κ2) is 11.6. The summed E-state index contributed by atoms with van der Waals surface area (Å²) in [6, 6.07) is 5.63. The lowest BCUT2D eigenvalue weighted by molar-refractivity contribution is 0.0178. The highest BCUT2D eigenvalue weighted by molar-refractivity contribution is 6.17. The van der Waals surface area contributed by atoms with Crippen LogP contribution in [-0.2, 0) is 20.1 Å². The fourth-order valence-electron chi connectivity index (χ4n) is 1.59. The molecule has 0 aliphatic heterocycles. The molecule has 0 aromatic heterocycles. The van der Waals surface area contributed by atoms with Gasteiger partial charge < -0.3 is 23.7 Å². The highest BCUT2D eigenvalue weighted by atomic mass is 35.5. The van der Waals surface area contributed by atoms with Gasteiger partial charge in [0.2, 0.25) is 0 Å². The van der Waals surface area contributed by atoms with E-state index in [0.29, 0.717) is 57.0 Å². The molecule has 120 valence electrons. The number of hydrogen-bond donors (Lipinski definition) is 0. The first-order valence-electron chi connectivity index (χ1n) is 6.82. The zero-order valence-electron chi connectivity index (χ0n) is 12.6. The second-order valence-electron chi connectivity index (χ2n) is 4.18. The van der Waals surface area contributed by atoms with Gasteiger partial charge in [-0.2, -0.15) is 0 Å². The monoisotopic (exact) mass is 318 g/mol. The van der Waals surface area contributed by atoms with E-state index in [1.807, 2.05) is 18.2 Å². The van der Waals surface area contributed by atoms with E-state index in [2.05, 4.69) is 0 Å². The van der Waals surface area contributed by atoms with Crippen LogP contribution in [0.5, 0.6) is 11.5 Å². The summed E-state index contributed by atoms with van der Waals surface area (Å²) in [5.41, 5.74) is 0.986. The van der Waals surface area contributed by atoms with E-state index in [9.17, 15) is 0 Å². The molecule has 0 unspecified atom stereocenters. The molecule has 0 aliphatic carbocycles. The molecule has 0 N–H and O–H groups in total. The van der Waals surface area contributed by atoms with Crippen LogP contribution in [0.3, 0.4) is 0 Å². The minimum Gasteiger partial charge on any atom is -0.493 e. The van der Waals surface area contributed by atoms with Gasteiger partial charge in [0.15, 0.2) is 11.5 Å². The fraction of sp³-hybridized carbons (Fsp3) is 0.600. The van der Waals surface area contributed by atoms with Crippen LogP contribution in [-0.4, -0.2) is 53.9 Å². The van der Waals surface area contributed by atoms with Crippen molar-refractivity contribution in [2.75, 3.05) is 53.9 Å². The van der Waals surface area contributed by atoms with E-state index < -0.39 is 0 Å². The SMILES string of the molecule is COCCOCCOCCOc1cc(CCl)ccc1OC. The van der Waals surface area contributed by atoms with Crippen LogP contribution in [0.25, 0.3) is 0 Å². The summed E-state index contributed by atoms with van der Waals surface area (Å²) in [4.78, 5) is 0. The number of alkyl halides is 1. The van der Waals surface area contributed by atoms with Crippen molar-refractivity contribution in [3.63, 3.8) is 0 Å². The lowest BCUT2D eigenvalue weighted by atomic mass is 10.2. The van der Waals surface area contributed by atoms with E-state index in [1.165, 1.54) is 0 Å². The smallest absolute Gasteiger partial charge is 0.161 e. The molecule has 1 aromatic carbocycles. The molecule has 0 radical (unpaired) electrons. The largest absolute Gasteiger partial charge is 0.493 e. The van der Waals surface area contributed by atoms with Crippen molar-refractivity contribution >= 4 is 11.6 Å². The van der Waals surface area contributed by atoms with Crippen molar-refractivity contribution in [2.24, 2.45) is 0 Å². The molecular weight excluding hydrogens is 296 g/mol. The number of benzene rings is 1. The highest BCUT2D eigenvalue weighted by Gasteiger charge is 2.05. The van der Waals surface area contributed by atoms with Crippen molar-refractivity contribution in [2.45, 2.75) is 5.88 Å². The topological polar surface area (TPSA) is 46.2 Å². The molecule has 0 heterocycles. The first kappa shape index (κ1) is 18.0. The van der Waals surface area contributed by atoms with Crippen molar-refractivity contribution in [3.8, 4) is 11.5 Å². The Balaban J connectivity index is 2.17. The standard InChI is InChI=1S/C15H23ClO5/c1-17-5-6-19-7-8-20-9-10-21-15-11-13(12-16)3-4-14(15)18-2/h3-4,11H,5-10,12H2,1-2H3. The quantitative estimate of drug-likeness (QED) is 0.438. The molecule has 0 spiro atoms. The van der Waals surface area contributed by atoms with Gasteiger partial charge in [-0.25, -0.2) is 0 Å². The van der Waals surface area contributed by atoms with Crippen LogP contribution in [0, 0.1) is 0 Å². The molecule has 0 bridgehead atoms. The lowest BCUT2D eigenvalue weighted by Crippen LogP contribution is -2.12. The molecule has 0 aliphatic rings. The molecule has 5 nitrogen and oxygen atoms in total. The van der Waals surface area contributed by atoms with Gasteiger partial charge >= 0.3 is 0 Å². The van der Waals surface area contributed by atoms with Crippen LogP contribution >= 0.6 is 11.6 Å². The third-order valence-electron chi connectivity index (χ3n) is 2.67. The number of ether oxygens (including phenoxy) is 5. The summed E-state index contributed by atoms with van der Waals surface area (Å²) >= 11 is 5.81. The normalized spacial score (nSPS) is 10.6. The third kappa shape index (κ3) is 7.52. The Morgan fingerprint density at radius 1 is 0.857 bits per heavy atom. The molecule has 1 aromatic rings. The Bertz CT molecular complexity index is 386. The highest BCUT2D eigenvalue weighted by Crippen LogP contribution is 2.28. The van der Waals surface area contributed by atoms with Gasteiger partial charge in [-0.15, -0.1) is 11.6 Å². The van der Waals surface area contributed by atoms with Crippen molar-refractivity contribution in [1.82, 2.24) is 0 Å². The Kier molecular flexibility index (Phi) is 9.99. The minimum absolute atomic E-state index is 0.440. The lowest BCUT2D eigenvalue weighted by Gasteiger charge is -2.12. The molecule has 6 heteroatoms. The van der Waals surface area contributed by atoms with Gasteiger partial charge in [-0.3, -0.25) is 0 Å². The van der Waals surface area contributed by atoms with Gasteiger partial charge in [0.25, 0.3) is 0 Å². The minimum atomic E-state index is 0.440. The van der Waals surface area contributed by atoms with Crippen molar-refractivity contribution in [1.29, 1.82) is 0 Å². The van der Waals surface area contributed by atoms with Gasteiger partial charge in [0, 0.05) is 13.0 Å². The Hall–Kier alpha value is -1.01. The summed E-state index contributed by atoms with van der Waals surface area (Å²) in [6.07, 6.45) is 0. The van der Waals surface area contributed by atoms with Gasteiger partial charge in [0.1, 0.15) is 6.61 Å². The number of hydrogen-bond acceptors (Lipinski definition) is 5. The zero-order valence-corrected chi connectivity index (χ0v) is 13.4. The maximum Gasteiger partial charge on any atom is 0.161 e. The second-order valence-corrected chi connectivity index (χ2v) is 4.45. The Morgan fingerprint density at radius 2 is 1.52 bits per heavy atom. The number of rotatable bonds is 12. The molecule has 0 amide bonds. The molecular formula is C15H23ClO5. The first-order chi connectivity index (χ1) is 10.3. The van der Waals surface area contributed by atoms with Gasteiger partial charge in [0.05, 0.1) is 40.1 Å². The Labute approximate surface area is 131 Å². The van der Waals surface area contributed by atoms with Crippen LogP contribution in [0.2, 0.25) is 0 Å². The van der Waals surface area contributed by atoms with Gasteiger partial charge in [-0.05, 0) is 17.7 Å². The van der Waals surface area contributed by atoms with E-state index >= 15 is 0 Å². The van der Waals surface area contributed by atoms with E-state index in [-0.39, 0.29) is 0 Å². The van der Waals surface area contributed by atoms with Crippen molar-refractivity contribution in [3.05, 3.63) is 23.8 Å². The molecule has 0 saturated carbocycles.